The average molecular weight is 381 g/mol. The van der Waals surface area contributed by atoms with Crippen LogP contribution in [0.1, 0.15) is 92.9 Å². The van der Waals surface area contributed by atoms with E-state index in [4.69, 9.17) is 9.84 Å². The van der Waals surface area contributed by atoms with E-state index in [0.29, 0.717) is 11.8 Å². The SMILES string of the molecule is CC(C)=CCCC(C)CCC(CC(C)CCC=C(C)C)OC(=O)CC(=O)O. The highest BCUT2D eigenvalue weighted by molar-refractivity contribution is 5.90. The van der Waals surface area contributed by atoms with Crippen molar-refractivity contribution in [1.82, 2.24) is 0 Å². The van der Waals surface area contributed by atoms with E-state index in [9.17, 15) is 9.59 Å². The van der Waals surface area contributed by atoms with Crippen LogP contribution in [0.15, 0.2) is 23.3 Å². The highest BCUT2D eigenvalue weighted by atomic mass is 16.5. The lowest BCUT2D eigenvalue weighted by molar-refractivity contribution is -0.156. The molecule has 0 saturated carbocycles. The van der Waals surface area contributed by atoms with Gasteiger partial charge in [0.15, 0.2) is 0 Å². The first-order valence-electron chi connectivity index (χ1n) is 10.3. The Balaban J connectivity index is 4.58. The molecule has 0 fully saturated rings. The molecule has 156 valence electrons. The van der Waals surface area contributed by atoms with Gasteiger partial charge in [-0.05, 0) is 84.5 Å². The van der Waals surface area contributed by atoms with E-state index in [-0.39, 0.29) is 6.10 Å². The molecule has 0 amide bonds. The van der Waals surface area contributed by atoms with Crippen LogP contribution in [0.2, 0.25) is 0 Å². The smallest absolute Gasteiger partial charge is 0.317 e. The average Bonchev–Trinajstić information content (AvgIpc) is 2.51. The fraction of sp³-hybridized carbons (Fsp3) is 0.739. The van der Waals surface area contributed by atoms with Crippen molar-refractivity contribution in [3.05, 3.63) is 23.3 Å². The van der Waals surface area contributed by atoms with Crippen molar-refractivity contribution in [2.45, 2.75) is 99.0 Å². The number of aliphatic carboxylic acids is 1. The summed E-state index contributed by atoms with van der Waals surface area (Å²) < 4.78 is 5.51. The summed E-state index contributed by atoms with van der Waals surface area (Å²) in [5.41, 5.74) is 2.66. The zero-order valence-electron chi connectivity index (χ0n) is 18.2. The molecule has 1 N–H and O–H groups in total. The maximum Gasteiger partial charge on any atom is 0.317 e. The van der Waals surface area contributed by atoms with Gasteiger partial charge in [-0.1, -0.05) is 37.1 Å². The number of carboxylic acids is 1. The number of ether oxygens (including phenoxy) is 1. The van der Waals surface area contributed by atoms with E-state index in [0.717, 1.165) is 44.9 Å². The molecule has 0 rings (SSSR count). The third kappa shape index (κ3) is 16.3. The van der Waals surface area contributed by atoms with Gasteiger partial charge in [0.1, 0.15) is 12.5 Å². The number of esters is 1. The van der Waals surface area contributed by atoms with Gasteiger partial charge >= 0.3 is 11.9 Å². The number of carbonyl (C=O) groups excluding carboxylic acids is 1. The maximum atomic E-state index is 11.8. The summed E-state index contributed by atoms with van der Waals surface area (Å²) in [6.07, 6.45) is 10.6. The van der Waals surface area contributed by atoms with Crippen molar-refractivity contribution in [3.8, 4) is 0 Å². The fourth-order valence-corrected chi connectivity index (χ4v) is 3.07. The molecule has 3 unspecified atom stereocenters. The Labute approximate surface area is 166 Å². The lowest BCUT2D eigenvalue weighted by atomic mass is 9.92. The molecule has 4 nitrogen and oxygen atoms in total. The van der Waals surface area contributed by atoms with Crippen LogP contribution >= 0.6 is 0 Å². The van der Waals surface area contributed by atoms with Crippen LogP contribution in [0.3, 0.4) is 0 Å². The van der Waals surface area contributed by atoms with E-state index in [1.165, 1.54) is 11.1 Å². The van der Waals surface area contributed by atoms with Gasteiger partial charge in [0.2, 0.25) is 0 Å². The molecule has 0 heterocycles. The third-order valence-electron chi connectivity index (χ3n) is 4.66. The van der Waals surface area contributed by atoms with Crippen molar-refractivity contribution >= 4 is 11.9 Å². The molecule has 0 aliphatic carbocycles. The Bertz CT molecular complexity index is 497. The summed E-state index contributed by atoms with van der Waals surface area (Å²) in [4.78, 5) is 22.6. The van der Waals surface area contributed by atoms with Crippen molar-refractivity contribution in [3.63, 3.8) is 0 Å². The summed E-state index contributed by atoms with van der Waals surface area (Å²) in [5.74, 6) is -0.766. The fourth-order valence-electron chi connectivity index (χ4n) is 3.07. The maximum absolute atomic E-state index is 11.8. The van der Waals surface area contributed by atoms with E-state index in [1.54, 1.807) is 0 Å². The molecule has 0 radical (unpaired) electrons. The Hall–Kier alpha value is -1.58. The van der Waals surface area contributed by atoms with Crippen molar-refractivity contribution < 1.29 is 19.4 Å². The van der Waals surface area contributed by atoms with Crippen LogP contribution in [0.25, 0.3) is 0 Å². The van der Waals surface area contributed by atoms with Gasteiger partial charge in [-0.2, -0.15) is 0 Å². The Morgan fingerprint density at radius 1 is 0.852 bits per heavy atom. The highest BCUT2D eigenvalue weighted by Crippen LogP contribution is 2.23. The zero-order valence-corrected chi connectivity index (χ0v) is 18.2. The number of carboxylic acid groups (broad SMARTS) is 1. The quantitative estimate of drug-likeness (QED) is 0.218. The summed E-state index contributed by atoms with van der Waals surface area (Å²) in [6, 6.07) is 0. The monoisotopic (exact) mass is 380 g/mol. The lowest BCUT2D eigenvalue weighted by Gasteiger charge is -2.22. The topological polar surface area (TPSA) is 63.6 Å². The molecular formula is C23H40O4. The molecular weight excluding hydrogens is 340 g/mol. The molecule has 4 heteroatoms. The minimum Gasteiger partial charge on any atom is -0.481 e. The lowest BCUT2D eigenvalue weighted by Crippen LogP contribution is -2.23. The first-order chi connectivity index (χ1) is 12.6. The van der Waals surface area contributed by atoms with Crippen LogP contribution in [-0.4, -0.2) is 23.1 Å². The first-order valence-corrected chi connectivity index (χ1v) is 10.3. The minimum atomic E-state index is -1.13. The summed E-state index contributed by atoms with van der Waals surface area (Å²) in [7, 11) is 0. The number of hydrogen-bond donors (Lipinski definition) is 1. The van der Waals surface area contributed by atoms with E-state index >= 15 is 0 Å². The molecule has 0 aromatic rings. The molecule has 0 saturated heterocycles. The van der Waals surface area contributed by atoms with Crippen LogP contribution in [0, 0.1) is 11.8 Å². The van der Waals surface area contributed by atoms with Gasteiger partial charge in [0.05, 0.1) is 0 Å². The normalized spacial score (nSPS) is 14.0. The van der Waals surface area contributed by atoms with Crippen LogP contribution < -0.4 is 0 Å². The molecule has 0 bridgehead atoms. The van der Waals surface area contributed by atoms with E-state index in [2.05, 4.69) is 53.7 Å². The molecule has 0 aliphatic rings. The van der Waals surface area contributed by atoms with E-state index < -0.39 is 18.4 Å². The van der Waals surface area contributed by atoms with Crippen molar-refractivity contribution in [2.24, 2.45) is 11.8 Å². The van der Waals surface area contributed by atoms with E-state index in [1.807, 2.05) is 0 Å². The predicted molar refractivity (Wildman–Crippen MR) is 112 cm³/mol. The van der Waals surface area contributed by atoms with Crippen molar-refractivity contribution in [1.29, 1.82) is 0 Å². The largest absolute Gasteiger partial charge is 0.481 e. The predicted octanol–water partition coefficient (Wildman–Crippen LogP) is 6.31. The van der Waals surface area contributed by atoms with Gasteiger partial charge in [0, 0.05) is 0 Å². The van der Waals surface area contributed by atoms with Crippen molar-refractivity contribution in [2.75, 3.05) is 0 Å². The molecule has 0 aromatic heterocycles. The Morgan fingerprint density at radius 2 is 1.37 bits per heavy atom. The summed E-state index contributed by atoms with van der Waals surface area (Å²) in [6.45, 7) is 12.8. The van der Waals surface area contributed by atoms with Gasteiger partial charge < -0.3 is 9.84 Å². The Kier molecular flexibility index (Phi) is 13.6. The molecule has 27 heavy (non-hydrogen) atoms. The molecule has 3 atom stereocenters. The minimum absolute atomic E-state index is 0.190. The van der Waals surface area contributed by atoms with Crippen LogP contribution in [-0.2, 0) is 14.3 Å². The standard InChI is InChI=1S/C23H40O4/c1-17(2)9-7-11-19(5)13-14-21(27-23(26)16-22(24)25)15-20(6)12-8-10-18(3)4/h9-10,19-21H,7-8,11-16H2,1-6H3,(H,24,25). The van der Waals surface area contributed by atoms with Gasteiger partial charge in [-0.3, -0.25) is 9.59 Å². The number of rotatable bonds is 14. The number of carbonyl (C=O) groups is 2. The second kappa shape index (κ2) is 14.5. The third-order valence-corrected chi connectivity index (χ3v) is 4.66. The molecule has 0 aliphatic heterocycles. The highest BCUT2D eigenvalue weighted by Gasteiger charge is 2.20. The van der Waals surface area contributed by atoms with Gasteiger partial charge in [-0.25, -0.2) is 0 Å². The second-order valence-electron chi connectivity index (χ2n) is 8.42. The first kappa shape index (κ1) is 25.4. The number of hydrogen-bond acceptors (Lipinski definition) is 3. The van der Waals surface area contributed by atoms with Crippen LogP contribution in [0.5, 0.6) is 0 Å². The number of allylic oxidation sites excluding steroid dienone is 4. The second-order valence-corrected chi connectivity index (χ2v) is 8.42. The summed E-state index contributed by atoms with van der Waals surface area (Å²) in [5, 5.41) is 8.79. The summed E-state index contributed by atoms with van der Waals surface area (Å²) >= 11 is 0. The Morgan fingerprint density at radius 3 is 1.85 bits per heavy atom. The zero-order chi connectivity index (χ0) is 20.8. The van der Waals surface area contributed by atoms with Crippen LogP contribution in [0.4, 0.5) is 0 Å². The molecule has 0 spiro atoms. The van der Waals surface area contributed by atoms with Gasteiger partial charge in [0.25, 0.3) is 0 Å². The molecule has 0 aromatic carbocycles. The van der Waals surface area contributed by atoms with Gasteiger partial charge in [-0.15, -0.1) is 0 Å².